The van der Waals surface area contributed by atoms with Crippen LogP contribution in [0.3, 0.4) is 0 Å². The van der Waals surface area contributed by atoms with E-state index in [1.807, 2.05) is 18.2 Å². The van der Waals surface area contributed by atoms with Gasteiger partial charge in [-0.15, -0.1) is 11.3 Å². The molecule has 21 heavy (non-hydrogen) atoms. The topological polar surface area (TPSA) is 17.1 Å². The first-order valence-corrected chi connectivity index (χ1v) is 8.53. The average molecular weight is 296 g/mol. The van der Waals surface area contributed by atoms with Crippen molar-refractivity contribution in [1.29, 1.82) is 0 Å². The maximum atomic E-state index is 12.8. The Morgan fingerprint density at radius 1 is 0.952 bits per heavy atom. The molecular weight excluding hydrogens is 276 g/mol. The smallest absolute Gasteiger partial charge is 0.195 e. The molecule has 2 aromatic carbocycles. The van der Waals surface area contributed by atoms with E-state index in [0.29, 0.717) is 0 Å². The van der Waals surface area contributed by atoms with E-state index in [-0.39, 0.29) is 5.43 Å². The van der Waals surface area contributed by atoms with Crippen LogP contribution in [0.4, 0.5) is 0 Å². The van der Waals surface area contributed by atoms with E-state index in [0.717, 1.165) is 41.2 Å². The van der Waals surface area contributed by atoms with Crippen LogP contribution in [0.25, 0.3) is 20.2 Å². The highest BCUT2D eigenvalue weighted by atomic mass is 32.1. The van der Waals surface area contributed by atoms with Crippen LogP contribution < -0.4 is 5.43 Å². The molecule has 0 atom stereocenters. The first-order chi connectivity index (χ1) is 10.2. The zero-order chi connectivity index (χ0) is 14.8. The molecule has 0 spiro atoms. The molecule has 108 valence electrons. The molecule has 2 heteroatoms. The van der Waals surface area contributed by atoms with Crippen molar-refractivity contribution in [3.63, 3.8) is 0 Å². The van der Waals surface area contributed by atoms with Crippen molar-refractivity contribution in [2.24, 2.45) is 0 Å². The Labute approximate surface area is 129 Å². The number of aryl methyl sites for hydroxylation is 2. The molecule has 1 heterocycles. The van der Waals surface area contributed by atoms with Gasteiger partial charge in [-0.1, -0.05) is 44.9 Å². The lowest BCUT2D eigenvalue weighted by molar-refractivity contribution is 0.903. The third-order valence-electron chi connectivity index (χ3n) is 3.87. The lowest BCUT2D eigenvalue weighted by atomic mass is 10.0. The lowest BCUT2D eigenvalue weighted by Gasteiger charge is -2.09. The van der Waals surface area contributed by atoms with E-state index < -0.39 is 0 Å². The van der Waals surface area contributed by atoms with Crippen molar-refractivity contribution >= 4 is 31.5 Å². The molecule has 0 saturated carbocycles. The highest BCUT2D eigenvalue weighted by molar-refractivity contribution is 7.24. The average Bonchev–Trinajstić information content (AvgIpc) is 2.49. The molecule has 0 N–H and O–H groups in total. The van der Waals surface area contributed by atoms with Crippen molar-refractivity contribution in [1.82, 2.24) is 0 Å². The number of hydrogen-bond donors (Lipinski definition) is 0. The van der Waals surface area contributed by atoms with Crippen LogP contribution in [0.5, 0.6) is 0 Å². The Bertz CT molecular complexity index is 845. The molecule has 0 aliphatic rings. The summed E-state index contributed by atoms with van der Waals surface area (Å²) in [6.45, 7) is 4.38. The molecule has 3 aromatic rings. The van der Waals surface area contributed by atoms with Gasteiger partial charge in [-0.2, -0.15) is 0 Å². The molecule has 0 bridgehead atoms. The van der Waals surface area contributed by atoms with Crippen LogP contribution >= 0.6 is 11.3 Å². The molecule has 0 fully saturated rings. The lowest BCUT2D eigenvalue weighted by Crippen LogP contribution is -2.03. The summed E-state index contributed by atoms with van der Waals surface area (Å²) in [5.74, 6) is 0. The summed E-state index contributed by atoms with van der Waals surface area (Å²) < 4.78 is 2.27. The third kappa shape index (κ3) is 2.60. The normalized spacial score (nSPS) is 11.3. The predicted molar refractivity (Wildman–Crippen MR) is 93.6 cm³/mol. The minimum Gasteiger partial charge on any atom is -0.289 e. The molecule has 0 unspecified atom stereocenters. The Morgan fingerprint density at radius 2 is 1.71 bits per heavy atom. The van der Waals surface area contributed by atoms with Gasteiger partial charge in [0.05, 0.1) is 0 Å². The maximum absolute atomic E-state index is 12.8. The summed E-state index contributed by atoms with van der Waals surface area (Å²) in [6.07, 6.45) is 4.31. The van der Waals surface area contributed by atoms with Gasteiger partial charge in [0.2, 0.25) is 0 Å². The molecule has 0 aliphatic carbocycles. The molecular formula is C19H20OS. The molecule has 0 saturated heterocycles. The van der Waals surface area contributed by atoms with E-state index >= 15 is 0 Å². The van der Waals surface area contributed by atoms with Gasteiger partial charge >= 0.3 is 0 Å². The molecule has 1 nitrogen and oxygen atoms in total. The monoisotopic (exact) mass is 296 g/mol. The highest BCUT2D eigenvalue weighted by Crippen LogP contribution is 2.29. The number of benzene rings is 2. The maximum Gasteiger partial charge on any atom is 0.195 e. The van der Waals surface area contributed by atoms with E-state index in [4.69, 9.17) is 0 Å². The van der Waals surface area contributed by atoms with Crippen LogP contribution in [0, 0.1) is 0 Å². The number of hydrogen-bond acceptors (Lipinski definition) is 2. The second kappa shape index (κ2) is 5.98. The summed E-state index contributed by atoms with van der Waals surface area (Å²) >= 11 is 1.76. The summed E-state index contributed by atoms with van der Waals surface area (Å²) in [5.41, 5.74) is 2.83. The van der Waals surface area contributed by atoms with Gasteiger partial charge in [-0.3, -0.25) is 4.79 Å². The van der Waals surface area contributed by atoms with Crippen molar-refractivity contribution in [2.75, 3.05) is 0 Å². The van der Waals surface area contributed by atoms with Gasteiger partial charge in [0.1, 0.15) is 0 Å². The minimum absolute atomic E-state index is 0.189. The fourth-order valence-electron chi connectivity index (χ4n) is 2.93. The van der Waals surface area contributed by atoms with Gasteiger partial charge in [-0.05, 0) is 42.2 Å². The van der Waals surface area contributed by atoms with E-state index in [2.05, 4.69) is 32.0 Å². The Kier molecular flexibility index (Phi) is 4.07. The third-order valence-corrected chi connectivity index (χ3v) is 5.13. The van der Waals surface area contributed by atoms with Crippen molar-refractivity contribution in [3.8, 4) is 0 Å². The second-order valence-corrected chi connectivity index (χ2v) is 6.61. The van der Waals surface area contributed by atoms with E-state index in [9.17, 15) is 4.79 Å². The summed E-state index contributed by atoms with van der Waals surface area (Å²) in [6, 6.07) is 12.4. The fourth-order valence-corrected chi connectivity index (χ4v) is 4.12. The predicted octanol–water partition coefficient (Wildman–Crippen LogP) is 5.32. The van der Waals surface area contributed by atoms with Crippen LogP contribution in [0.2, 0.25) is 0 Å². The zero-order valence-electron chi connectivity index (χ0n) is 12.6. The first-order valence-electron chi connectivity index (χ1n) is 7.72. The van der Waals surface area contributed by atoms with Gasteiger partial charge in [0.25, 0.3) is 0 Å². The van der Waals surface area contributed by atoms with E-state index in [1.165, 1.54) is 15.8 Å². The van der Waals surface area contributed by atoms with E-state index in [1.54, 1.807) is 11.3 Å². The summed E-state index contributed by atoms with van der Waals surface area (Å²) in [4.78, 5) is 12.8. The van der Waals surface area contributed by atoms with Crippen molar-refractivity contribution in [3.05, 3.63) is 57.7 Å². The Morgan fingerprint density at radius 3 is 2.48 bits per heavy atom. The first kappa shape index (κ1) is 14.3. The molecule has 1 aromatic heterocycles. The summed E-state index contributed by atoms with van der Waals surface area (Å²) in [7, 11) is 0. The van der Waals surface area contributed by atoms with Gasteiger partial charge in [0, 0.05) is 20.2 Å². The van der Waals surface area contributed by atoms with Crippen molar-refractivity contribution < 1.29 is 0 Å². The van der Waals surface area contributed by atoms with Crippen LogP contribution in [-0.2, 0) is 12.8 Å². The quantitative estimate of drug-likeness (QED) is 0.595. The number of fused-ring (bicyclic) bond motifs is 2. The van der Waals surface area contributed by atoms with Crippen molar-refractivity contribution in [2.45, 2.75) is 39.5 Å². The largest absolute Gasteiger partial charge is 0.289 e. The van der Waals surface area contributed by atoms with Gasteiger partial charge in [0.15, 0.2) is 5.43 Å². The Hall–Kier alpha value is -1.67. The second-order valence-electron chi connectivity index (χ2n) is 5.56. The van der Waals surface area contributed by atoms with Crippen LogP contribution in [0.15, 0.2) is 41.2 Å². The van der Waals surface area contributed by atoms with Gasteiger partial charge in [-0.25, -0.2) is 0 Å². The molecule has 0 radical (unpaired) electrons. The number of rotatable bonds is 4. The molecule has 3 rings (SSSR count). The standard InChI is InChI=1S/C19H20OS/c1-3-7-13-11-14(8-4-2)19-16(12-13)18(20)15-9-5-6-10-17(15)21-19/h5-6,9-12H,3-4,7-8H2,1-2H3. The Balaban J connectivity index is 2.40. The minimum atomic E-state index is 0.189. The molecule has 0 aliphatic heterocycles. The SMILES string of the molecule is CCCc1cc(CCC)c2sc3ccccc3c(=O)c2c1. The van der Waals surface area contributed by atoms with Crippen LogP contribution in [0.1, 0.15) is 37.8 Å². The van der Waals surface area contributed by atoms with Gasteiger partial charge < -0.3 is 0 Å². The fraction of sp³-hybridized carbons (Fsp3) is 0.316. The zero-order valence-corrected chi connectivity index (χ0v) is 13.4. The highest BCUT2D eigenvalue weighted by Gasteiger charge is 2.10. The summed E-state index contributed by atoms with van der Waals surface area (Å²) in [5, 5.41) is 1.76. The molecule has 0 amide bonds. The van der Waals surface area contributed by atoms with Crippen LogP contribution in [-0.4, -0.2) is 0 Å².